The fraction of sp³-hybridized carbons (Fsp3) is 0.190. The number of imidazole rings is 1. The number of anilines is 1. The number of thiophene rings is 1. The fourth-order valence-electron chi connectivity index (χ4n) is 2.82. The molecule has 4 aromatic heterocycles. The van der Waals surface area contributed by atoms with Crippen LogP contribution >= 0.6 is 23.7 Å². The van der Waals surface area contributed by atoms with Crippen molar-refractivity contribution in [1.82, 2.24) is 19.6 Å². The van der Waals surface area contributed by atoms with Crippen molar-refractivity contribution in [2.75, 3.05) is 5.32 Å². The van der Waals surface area contributed by atoms with Crippen LogP contribution in [0.25, 0.3) is 26.8 Å². The number of fused-ring (bicyclic) bond motifs is 1. The number of nitrogens with zero attached hydrogens (tertiary/aromatic N) is 4. The fourth-order valence-corrected chi connectivity index (χ4v) is 3.91. The first-order chi connectivity index (χ1) is 13.0. The molecule has 142 valence electrons. The van der Waals surface area contributed by atoms with Gasteiger partial charge in [0.15, 0.2) is 11.5 Å². The number of nitrogens with one attached hydrogen (secondary N) is 1. The molecule has 0 amide bonds. The molecule has 28 heavy (non-hydrogen) atoms. The van der Waals surface area contributed by atoms with E-state index in [2.05, 4.69) is 42.1 Å². The third kappa shape index (κ3) is 3.72. The Balaban J connectivity index is 0.00000225. The van der Waals surface area contributed by atoms with E-state index in [4.69, 9.17) is 11.4 Å². The molecule has 0 spiro atoms. The van der Waals surface area contributed by atoms with Gasteiger partial charge in [-0.3, -0.25) is 4.98 Å². The molecule has 0 aliphatic carbocycles. The van der Waals surface area contributed by atoms with E-state index in [0.29, 0.717) is 0 Å². The molecule has 4 aromatic rings. The van der Waals surface area contributed by atoms with E-state index in [0.717, 1.165) is 38.2 Å². The maximum atomic E-state index is 5.82. The van der Waals surface area contributed by atoms with E-state index in [9.17, 15) is 0 Å². The van der Waals surface area contributed by atoms with Gasteiger partial charge in [0, 0.05) is 23.5 Å². The van der Waals surface area contributed by atoms with Crippen molar-refractivity contribution in [2.24, 2.45) is 0 Å². The number of hydrogen-bond donors (Lipinski definition) is 1. The Morgan fingerprint density at radius 2 is 1.96 bits per heavy atom. The summed E-state index contributed by atoms with van der Waals surface area (Å²) in [4.78, 5) is 11.2. The summed E-state index contributed by atoms with van der Waals surface area (Å²) in [5, 5.41) is 8.00. The Kier molecular flexibility index (Phi) is 5.41. The minimum Gasteiger partial charge on any atom is -0.364 e. The smallest absolute Gasteiger partial charge is 0.157 e. The van der Waals surface area contributed by atoms with E-state index in [-0.39, 0.29) is 17.9 Å². The van der Waals surface area contributed by atoms with Gasteiger partial charge >= 0.3 is 0 Å². The highest BCUT2D eigenvalue weighted by molar-refractivity contribution is 7.19. The number of aromatic nitrogens is 4. The predicted octanol–water partition coefficient (Wildman–Crippen LogP) is 5.13. The highest BCUT2D eigenvalue weighted by atomic mass is 35.5. The molecule has 0 saturated heterocycles. The molecule has 0 unspecified atom stereocenters. The number of rotatable bonds is 3. The summed E-state index contributed by atoms with van der Waals surface area (Å²) in [6.45, 7) is 6.32. The Bertz CT molecular complexity index is 1150. The van der Waals surface area contributed by atoms with E-state index >= 15 is 0 Å². The van der Waals surface area contributed by atoms with Crippen molar-refractivity contribution in [1.29, 1.82) is 0 Å². The summed E-state index contributed by atoms with van der Waals surface area (Å²) >= 11 is 1.60. The monoisotopic (exact) mass is 409 g/mol. The normalized spacial score (nSPS) is 11.1. The van der Waals surface area contributed by atoms with E-state index < -0.39 is 0 Å². The first-order valence-electron chi connectivity index (χ1n) is 8.60. The SMILES string of the molecule is C#Cc1cc(-c2ccccn2)sc1-c1nc2cccnn2c1NC(C)(C)C.Cl. The second-order valence-electron chi connectivity index (χ2n) is 7.19. The first-order valence-corrected chi connectivity index (χ1v) is 9.42. The standard InChI is InChI=1S/C21H19N5S.ClH/c1-5-14-13-16(15-9-6-7-11-22-15)27-19(14)18-20(25-21(2,3)4)26-17(24-18)10-8-12-23-26;/h1,6-13,25H,2-4H3;1H. The van der Waals surface area contributed by atoms with Crippen LogP contribution in [0.15, 0.2) is 48.8 Å². The second kappa shape index (κ2) is 7.63. The minimum atomic E-state index is -0.153. The third-order valence-electron chi connectivity index (χ3n) is 3.91. The Labute approximate surface area is 174 Å². The molecule has 4 rings (SSSR count). The van der Waals surface area contributed by atoms with Crippen molar-refractivity contribution in [2.45, 2.75) is 26.3 Å². The maximum Gasteiger partial charge on any atom is 0.157 e. The molecular weight excluding hydrogens is 390 g/mol. The summed E-state index contributed by atoms with van der Waals surface area (Å²) < 4.78 is 1.82. The van der Waals surface area contributed by atoms with Crippen molar-refractivity contribution < 1.29 is 0 Å². The summed E-state index contributed by atoms with van der Waals surface area (Å²) in [5.74, 6) is 3.64. The molecule has 0 atom stereocenters. The van der Waals surface area contributed by atoms with Crippen LogP contribution in [0.3, 0.4) is 0 Å². The minimum absolute atomic E-state index is 0. The molecule has 0 aliphatic heterocycles. The van der Waals surface area contributed by atoms with Crippen LogP contribution in [0.2, 0.25) is 0 Å². The largest absolute Gasteiger partial charge is 0.364 e. The average Bonchev–Trinajstić information content (AvgIpc) is 3.23. The van der Waals surface area contributed by atoms with Crippen molar-refractivity contribution in [3.8, 4) is 33.5 Å². The van der Waals surface area contributed by atoms with Gasteiger partial charge in [-0.15, -0.1) is 30.2 Å². The topological polar surface area (TPSA) is 55.1 Å². The molecule has 0 aromatic carbocycles. The molecule has 0 saturated carbocycles. The van der Waals surface area contributed by atoms with Crippen LogP contribution in [0.4, 0.5) is 5.82 Å². The molecule has 5 nitrogen and oxygen atoms in total. The molecule has 0 bridgehead atoms. The number of halogens is 1. The Hall–Kier alpha value is -2.88. The zero-order chi connectivity index (χ0) is 19.0. The quantitative estimate of drug-likeness (QED) is 0.476. The molecule has 7 heteroatoms. The predicted molar refractivity (Wildman–Crippen MR) is 118 cm³/mol. The average molecular weight is 410 g/mol. The first kappa shape index (κ1) is 19.9. The summed E-state index contributed by atoms with van der Waals surface area (Å²) in [7, 11) is 0. The molecular formula is C21H20ClN5S. The highest BCUT2D eigenvalue weighted by Gasteiger charge is 2.23. The number of pyridine rings is 1. The zero-order valence-corrected chi connectivity index (χ0v) is 17.4. The third-order valence-corrected chi connectivity index (χ3v) is 5.07. The summed E-state index contributed by atoms with van der Waals surface area (Å²) in [6.07, 6.45) is 9.35. The summed E-state index contributed by atoms with van der Waals surface area (Å²) in [5.41, 5.74) is 3.14. The Morgan fingerprint density at radius 3 is 2.64 bits per heavy atom. The number of terminal acetylenes is 1. The molecule has 0 aliphatic rings. The lowest BCUT2D eigenvalue weighted by molar-refractivity contribution is 0.626. The van der Waals surface area contributed by atoms with Crippen molar-refractivity contribution in [3.63, 3.8) is 0 Å². The van der Waals surface area contributed by atoms with Gasteiger partial charge in [-0.1, -0.05) is 12.0 Å². The lowest BCUT2D eigenvalue weighted by Crippen LogP contribution is -2.27. The summed E-state index contributed by atoms with van der Waals surface area (Å²) in [6, 6.07) is 11.7. The van der Waals surface area contributed by atoms with Crippen LogP contribution in [0, 0.1) is 12.3 Å². The lowest BCUT2D eigenvalue weighted by Gasteiger charge is -2.22. The van der Waals surface area contributed by atoms with E-state index in [1.807, 2.05) is 40.9 Å². The van der Waals surface area contributed by atoms with Gasteiger partial charge in [0.25, 0.3) is 0 Å². The molecule has 0 fully saturated rings. The zero-order valence-electron chi connectivity index (χ0n) is 15.8. The van der Waals surface area contributed by atoms with Crippen LogP contribution in [-0.2, 0) is 0 Å². The Morgan fingerprint density at radius 1 is 1.14 bits per heavy atom. The van der Waals surface area contributed by atoms with Crippen LogP contribution < -0.4 is 5.32 Å². The highest BCUT2D eigenvalue weighted by Crippen LogP contribution is 2.40. The van der Waals surface area contributed by atoms with Crippen molar-refractivity contribution in [3.05, 3.63) is 54.4 Å². The van der Waals surface area contributed by atoms with E-state index in [1.54, 1.807) is 23.7 Å². The molecule has 1 N–H and O–H groups in total. The van der Waals surface area contributed by atoms with Gasteiger partial charge in [-0.2, -0.15) is 9.61 Å². The molecule has 4 heterocycles. The maximum absolute atomic E-state index is 5.82. The van der Waals surface area contributed by atoms with Crippen LogP contribution in [-0.4, -0.2) is 25.1 Å². The second-order valence-corrected chi connectivity index (χ2v) is 8.24. The van der Waals surface area contributed by atoms with Gasteiger partial charge in [0.2, 0.25) is 0 Å². The van der Waals surface area contributed by atoms with E-state index in [1.165, 1.54) is 0 Å². The lowest BCUT2D eigenvalue weighted by atomic mass is 10.1. The van der Waals surface area contributed by atoms with Gasteiger partial charge in [-0.25, -0.2) is 4.98 Å². The van der Waals surface area contributed by atoms with Crippen LogP contribution in [0.5, 0.6) is 0 Å². The van der Waals surface area contributed by atoms with Gasteiger partial charge in [0.1, 0.15) is 5.69 Å². The molecule has 0 radical (unpaired) electrons. The van der Waals surface area contributed by atoms with Gasteiger partial charge in [0.05, 0.1) is 15.4 Å². The van der Waals surface area contributed by atoms with Crippen LogP contribution in [0.1, 0.15) is 26.3 Å². The van der Waals surface area contributed by atoms with Gasteiger partial charge < -0.3 is 5.32 Å². The van der Waals surface area contributed by atoms with Crippen molar-refractivity contribution >= 4 is 35.2 Å². The number of hydrogen-bond acceptors (Lipinski definition) is 5. The van der Waals surface area contributed by atoms with Gasteiger partial charge in [-0.05, 0) is 51.1 Å².